The number of piperidine rings is 2. The summed E-state index contributed by atoms with van der Waals surface area (Å²) in [5, 5.41) is 4.02. The molecule has 10 nitrogen and oxygen atoms in total. The van der Waals surface area contributed by atoms with Crippen LogP contribution in [0.25, 0.3) is 10.2 Å². The van der Waals surface area contributed by atoms with E-state index in [1.165, 1.54) is 11.3 Å². The van der Waals surface area contributed by atoms with Gasteiger partial charge in [-0.25, -0.2) is 14.6 Å². The second-order valence-electron chi connectivity index (χ2n) is 12.9. The Bertz CT molecular complexity index is 1390. The fourth-order valence-electron chi connectivity index (χ4n) is 6.50. The van der Waals surface area contributed by atoms with Crippen LogP contribution in [-0.2, 0) is 9.53 Å². The predicted molar refractivity (Wildman–Crippen MR) is 160 cm³/mol. The van der Waals surface area contributed by atoms with E-state index >= 15 is 0 Å². The zero-order valence-corrected chi connectivity index (χ0v) is 26.1. The highest BCUT2D eigenvalue weighted by molar-refractivity contribution is 7.23. The number of aryl methyl sites for hydroxylation is 1. The maximum Gasteiger partial charge on any atom is 0.412 e. The summed E-state index contributed by atoms with van der Waals surface area (Å²) < 4.78 is 5.47. The standard InChI is InChI=1S/C30H42N6O4S/c1-18(2)36-20(4)33-30(27(36)38)13-8-14-35(17-30)21-11-15-34(16-12-21)26(37)23-22-10-9-19(3)31-24(22)41-25(23)32-28(39)40-29(5,6)7/h9-10,18,21H,8,11-17H2,1-7H3,(H,32,39)/p+1. The van der Waals surface area contributed by atoms with Crippen LogP contribution in [0, 0.1) is 6.92 Å². The molecule has 3 amide bonds. The topological polar surface area (TPSA) is 109 Å². The molecule has 2 aromatic heterocycles. The molecule has 0 radical (unpaired) electrons. The number of carbonyl (C=O) groups is 3. The molecule has 1 atom stereocenters. The van der Waals surface area contributed by atoms with E-state index in [4.69, 9.17) is 4.74 Å². The van der Waals surface area contributed by atoms with Gasteiger partial charge in [-0.3, -0.25) is 20.0 Å². The number of anilines is 1. The van der Waals surface area contributed by atoms with Gasteiger partial charge in [0.25, 0.3) is 5.91 Å². The average molecular weight is 584 g/mol. The highest BCUT2D eigenvalue weighted by Gasteiger charge is 2.56. The van der Waals surface area contributed by atoms with E-state index in [1.54, 1.807) is 20.8 Å². The van der Waals surface area contributed by atoms with E-state index in [0.717, 1.165) is 49.1 Å². The Labute approximate surface area is 246 Å². The molecule has 0 aliphatic carbocycles. The van der Waals surface area contributed by atoms with Gasteiger partial charge in [0, 0.05) is 43.6 Å². The summed E-state index contributed by atoms with van der Waals surface area (Å²) in [4.78, 5) is 55.2. The van der Waals surface area contributed by atoms with Crippen LogP contribution in [0.4, 0.5) is 9.80 Å². The van der Waals surface area contributed by atoms with Gasteiger partial charge in [0.2, 0.25) is 11.4 Å². The maximum atomic E-state index is 13.9. The summed E-state index contributed by atoms with van der Waals surface area (Å²) in [6.07, 6.45) is 2.88. The molecule has 2 aromatic rings. The van der Waals surface area contributed by atoms with Gasteiger partial charge in [-0.05, 0) is 79.5 Å². The lowest BCUT2D eigenvalue weighted by atomic mass is 9.87. The summed E-state index contributed by atoms with van der Waals surface area (Å²) in [5.74, 6) is 1.02. The highest BCUT2D eigenvalue weighted by atomic mass is 32.1. The van der Waals surface area contributed by atoms with Crippen LogP contribution in [0.3, 0.4) is 0 Å². The number of aromatic nitrogens is 1. The fraction of sp³-hybridized carbons (Fsp3) is 0.633. The average Bonchev–Trinajstić information content (AvgIpc) is 3.34. The number of rotatable bonds is 4. The largest absolute Gasteiger partial charge is 0.444 e. The molecule has 41 heavy (non-hydrogen) atoms. The van der Waals surface area contributed by atoms with Crippen molar-refractivity contribution in [2.24, 2.45) is 0 Å². The summed E-state index contributed by atoms with van der Waals surface area (Å²) in [6.45, 7) is 16.3. The van der Waals surface area contributed by atoms with Crippen molar-refractivity contribution >= 4 is 50.3 Å². The molecular weight excluding hydrogens is 540 g/mol. The SMILES string of the molecule is CC1=[NH+]C2(CCCN(C3CCN(C(=O)c4c(NC(=O)OC(C)(C)C)sc5nc(C)ccc45)CC3)C2)C(=O)N1C(C)C. The van der Waals surface area contributed by atoms with Crippen LogP contribution in [-0.4, -0.2) is 92.8 Å². The van der Waals surface area contributed by atoms with E-state index < -0.39 is 17.2 Å². The molecule has 3 aliphatic rings. The van der Waals surface area contributed by atoms with Crippen LogP contribution in [0.1, 0.15) is 83.3 Å². The smallest absolute Gasteiger partial charge is 0.412 e. The number of hydrogen-bond donors (Lipinski definition) is 2. The summed E-state index contributed by atoms with van der Waals surface area (Å²) >= 11 is 1.30. The quantitative estimate of drug-likeness (QED) is 0.573. The summed E-state index contributed by atoms with van der Waals surface area (Å²) in [5.41, 5.74) is 0.111. The lowest BCUT2D eigenvalue weighted by Gasteiger charge is -2.43. The van der Waals surface area contributed by atoms with Gasteiger partial charge in [-0.1, -0.05) is 11.3 Å². The monoisotopic (exact) mass is 583 g/mol. The number of likely N-dealkylation sites (tertiary alicyclic amines) is 2. The number of amides is 3. The Kier molecular flexibility index (Phi) is 7.88. The van der Waals surface area contributed by atoms with Gasteiger partial charge in [-0.2, -0.15) is 4.90 Å². The van der Waals surface area contributed by atoms with Gasteiger partial charge in [0.05, 0.1) is 18.2 Å². The predicted octanol–water partition coefficient (Wildman–Crippen LogP) is 3.14. The second-order valence-corrected chi connectivity index (χ2v) is 13.9. The summed E-state index contributed by atoms with van der Waals surface area (Å²) in [7, 11) is 0. The van der Waals surface area contributed by atoms with Crippen molar-refractivity contribution in [3.63, 3.8) is 0 Å². The Balaban J connectivity index is 1.30. The minimum absolute atomic E-state index is 0.105. The normalized spacial score (nSPS) is 22.6. The van der Waals surface area contributed by atoms with Gasteiger partial charge in [-0.15, -0.1) is 0 Å². The molecule has 0 saturated carbocycles. The molecule has 2 saturated heterocycles. The van der Waals surface area contributed by atoms with Crippen molar-refractivity contribution < 1.29 is 24.1 Å². The third-order valence-electron chi connectivity index (χ3n) is 8.24. The molecule has 0 bridgehead atoms. The number of carbonyl (C=O) groups excluding carboxylic acids is 3. The molecular formula is C30H43N6O4S+. The zero-order chi connectivity index (χ0) is 29.7. The Hall–Kier alpha value is -3.05. The first-order valence-electron chi connectivity index (χ1n) is 14.7. The molecule has 1 spiro atoms. The number of hydrogen-bond acceptors (Lipinski definition) is 7. The molecule has 2 N–H and O–H groups in total. The van der Waals surface area contributed by atoms with Crippen LogP contribution < -0.4 is 10.3 Å². The van der Waals surface area contributed by atoms with Crippen molar-refractivity contribution in [3.8, 4) is 0 Å². The van der Waals surface area contributed by atoms with E-state index in [1.807, 2.05) is 35.8 Å². The van der Waals surface area contributed by atoms with Gasteiger partial charge < -0.3 is 9.64 Å². The fourth-order valence-corrected chi connectivity index (χ4v) is 7.60. The lowest BCUT2D eigenvalue weighted by molar-refractivity contribution is -0.535. The molecule has 3 aliphatic heterocycles. The molecule has 11 heteroatoms. The van der Waals surface area contributed by atoms with E-state index in [2.05, 4.69) is 34.0 Å². The van der Waals surface area contributed by atoms with Crippen molar-refractivity contribution in [1.82, 2.24) is 19.7 Å². The maximum absolute atomic E-state index is 13.9. The van der Waals surface area contributed by atoms with Crippen molar-refractivity contribution in [2.45, 2.75) is 97.4 Å². The zero-order valence-electron chi connectivity index (χ0n) is 25.3. The third kappa shape index (κ3) is 5.83. The Morgan fingerprint density at radius 3 is 2.51 bits per heavy atom. The molecule has 222 valence electrons. The molecule has 0 aromatic carbocycles. The molecule has 2 fully saturated rings. The van der Waals surface area contributed by atoms with E-state index in [-0.39, 0.29) is 17.9 Å². The Morgan fingerprint density at radius 1 is 1.17 bits per heavy atom. The van der Waals surface area contributed by atoms with Gasteiger partial charge in [0.15, 0.2) is 0 Å². The number of thiophene rings is 1. The first-order valence-corrected chi connectivity index (χ1v) is 15.5. The minimum Gasteiger partial charge on any atom is -0.444 e. The van der Waals surface area contributed by atoms with Gasteiger partial charge in [0.1, 0.15) is 15.4 Å². The number of nitrogens with one attached hydrogen (secondary N) is 2. The highest BCUT2D eigenvalue weighted by Crippen LogP contribution is 2.37. The lowest BCUT2D eigenvalue weighted by Crippen LogP contribution is -2.89. The Morgan fingerprint density at radius 2 is 1.88 bits per heavy atom. The van der Waals surface area contributed by atoms with Gasteiger partial charge >= 0.3 is 12.0 Å². The van der Waals surface area contributed by atoms with E-state index in [0.29, 0.717) is 41.1 Å². The number of ether oxygens (including phenoxy) is 1. The summed E-state index contributed by atoms with van der Waals surface area (Å²) in [6, 6.07) is 4.23. The third-order valence-corrected chi connectivity index (χ3v) is 9.25. The molecule has 5 rings (SSSR count). The number of amidine groups is 1. The second kappa shape index (κ2) is 11.0. The molecule has 5 heterocycles. The molecule has 1 unspecified atom stereocenters. The number of fused-ring (bicyclic) bond motifs is 1. The minimum atomic E-state index is -0.656. The number of nitrogens with zero attached hydrogens (tertiary/aromatic N) is 4. The van der Waals surface area contributed by atoms with Crippen LogP contribution >= 0.6 is 11.3 Å². The van der Waals surface area contributed by atoms with Crippen LogP contribution in [0.5, 0.6) is 0 Å². The van der Waals surface area contributed by atoms with Crippen LogP contribution in [0.2, 0.25) is 0 Å². The van der Waals surface area contributed by atoms with Crippen LogP contribution in [0.15, 0.2) is 12.1 Å². The van der Waals surface area contributed by atoms with Crippen molar-refractivity contribution in [2.75, 3.05) is 31.5 Å². The number of pyridine rings is 1. The van der Waals surface area contributed by atoms with Crippen molar-refractivity contribution in [3.05, 3.63) is 23.4 Å². The first-order chi connectivity index (χ1) is 19.3. The van der Waals surface area contributed by atoms with E-state index in [9.17, 15) is 14.4 Å². The first kappa shape index (κ1) is 29.4. The van der Waals surface area contributed by atoms with Crippen molar-refractivity contribution in [1.29, 1.82) is 0 Å².